The van der Waals surface area contributed by atoms with E-state index in [4.69, 9.17) is 13.8 Å². The van der Waals surface area contributed by atoms with Crippen LogP contribution >= 0.6 is 0 Å². The van der Waals surface area contributed by atoms with Gasteiger partial charge in [-0.1, -0.05) is 66.7 Å². The van der Waals surface area contributed by atoms with Crippen LogP contribution in [0.1, 0.15) is 0 Å². The van der Waals surface area contributed by atoms with Crippen molar-refractivity contribution in [3.8, 4) is 6.01 Å². The molecule has 3 heterocycles. The summed E-state index contributed by atoms with van der Waals surface area (Å²) in [5, 5.41) is 9.19. The summed E-state index contributed by atoms with van der Waals surface area (Å²) in [6, 6.07) is 38.6. The third-order valence-corrected chi connectivity index (χ3v) is 7.58. The fraction of sp³-hybridized carbons (Fsp3) is 0. The summed E-state index contributed by atoms with van der Waals surface area (Å²) in [6.07, 6.45) is 0. The van der Waals surface area contributed by atoms with Gasteiger partial charge in [0.1, 0.15) is 16.7 Å². The molecular formula is C33H18N2O2. The monoisotopic (exact) mass is 474 g/mol. The van der Waals surface area contributed by atoms with E-state index in [1.807, 2.05) is 30.3 Å². The predicted molar refractivity (Wildman–Crippen MR) is 151 cm³/mol. The van der Waals surface area contributed by atoms with E-state index < -0.39 is 0 Å². The molecule has 0 radical (unpaired) electrons. The van der Waals surface area contributed by atoms with E-state index in [0.717, 1.165) is 44.1 Å². The van der Waals surface area contributed by atoms with Crippen molar-refractivity contribution in [2.75, 3.05) is 0 Å². The van der Waals surface area contributed by atoms with Crippen LogP contribution in [0.15, 0.2) is 118 Å². The van der Waals surface area contributed by atoms with Crippen molar-refractivity contribution < 1.29 is 8.83 Å². The summed E-state index contributed by atoms with van der Waals surface area (Å²) in [5.74, 6) is 0. The van der Waals surface area contributed by atoms with Crippen molar-refractivity contribution in [1.29, 1.82) is 0 Å². The van der Waals surface area contributed by atoms with Crippen LogP contribution in [-0.2, 0) is 0 Å². The lowest BCUT2D eigenvalue weighted by Gasteiger charge is -2.04. The van der Waals surface area contributed by atoms with Gasteiger partial charge < -0.3 is 8.83 Å². The highest BCUT2D eigenvalue weighted by Crippen LogP contribution is 2.39. The van der Waals surface area contributed by atoms with E-state index in [2.05, 4.69) is 83.4 Å². The van der Waals surface area contributed by atoms with Crippen LogP contribution in [0.25, 0.3) is 82.4 Å². The van der Waals surface area contributed by atoms with Gasteiger partial charge in [0.2, 0.25) is 0 Å². The lowest BCUT2D eigenvalue weighted by molar-refractivity contribution is 0.574. The third-order valence-electron chi connectivity index (χ3n) is 7.58. The number of fused-ring (bicyclic) bond motifs is 10. The molecular weight excluding hydrogens is 456 g/mol. The Morgan fingerprint density at radius 1 is 0.486 bits per heavy atom. The van der Waals surface area contributed by atoms with Gasteiger partial charge in [-0.25, -0.2) is 0 Å². The molecule has 0 spiro atoms. The predicted octanol–water partition coefficient (Wildman–Crippen LogP) is 9.13. The Balaban J connectivity index is 1.45. The molecule has 172 valence electrons. The van der Waals surface area contributed by atoms with Gasteiger partial charge >= 0.3 is 6.01 Å². The first-order valence-corrected chi connectivity index (χ1v) is 12.4. The Morgan fingerprint density at radius 2 is 1.05 bits per heavy atom. The second-order valence-corrected chi connectivity index (χ2v) is 9.65. The normalized spacial score (nSPS) is 12.3. The van der Waals surface area contributed by atoms with Gasteiger partial charge in [-0.2, -0.15) is 4.98 Å². The number of hydrogen-bond donors (Lipinski definition) is 0. The molecule has 4 heteroatoms. The first-order chi connectivity index (χ1) is 18.3. The van der Waals surface area contributed by atoms with Gasteiger partial charge in [-0.15, -0.1) is 0 Å². The molecule has 0 N–H and O–H groups in total. The maximum absolute atomic E-state index is 6.49. The van der Waals surface area contributed by atoms with Crippen molar-refractivity contribution in [1.82, 2.24) is 9.55 Å². The lowest BCUT2D eigenvalue weighted by atomic mass is 10.0. The van der Waals surface area contributed by atoms with Crippen LogP contribution in [-0.4, -0.2) is 9.55 Å². The molecule has 0 aliphatic rings. The Hall–Kier alpha value is -5.09. The minimum absolute atomic E-state index is 0.554. The molecule has 37 heavy (non-hydrogen) atoms. The number of rotatable bonds is 1. The summed E-state index contributed by atoms with van der Waals surface area (Å²) < 4.78 is 14.8. The van der Waals surface area contributed by atoms with Crippen molar-refractivity contribution >= 4 is 76.4 Å². The van der Waals surface area contributed by atoms with Gasteiger partial charge in [0, 0.05) is 16.2 Å². The maximum Gasteiger partial charge on any atom is 0.307 e. The van der Waals surface area contributed by atoms with Crippen LogP contribution in [0, 0.1) is 0 Å². The van der Waals surface area contributed by atoms with Crippen LogP contribution in [0.4, 0.5) is 0 Å². The Kier molecular flexibility index (Phi) is 3.50. The van der Waals surface area contributed by atoms with Crippen LogP contribution < -0.4 is 0 Å². The second kappa shape index (κ2) is 6.77. The molecule has 9 rings (SSSR count). The average molecular weight is 475 g/mol. The SMILES string of the molecule is c1ccc2cc3c(cc2c1)c1cc2ccccc2cc1n3-c1nc2c(ccc3oc4ccccc4c32)o1. The highest BCUT2D eigenvalue weighted by atomic mass is 16.4. The highest BCUT2D eigenvalue weighted by molar-refractivity contribution is 6.18. The smallest absolute Gasteiger partial charge is 0.307 e. The number of para-hydroxylation sites is 1. The summed E-state index contributed by atoms with van der Waals surface area (Å²) in [4.78, 5) is 5.10. The summed E-state index contributed by atoms with van der Waals surface area (Å²) >= 11 is 0. The molecule has 9 aromatic rings. The molecule has 3 aromatic heterocycles. The molecule has 4 nitrogen and oxygen atoms in total. The molecule has 0 saturated carbocycles. The van der Waals surface area contributed by atoms with Gasteiger partial charge in [0.25, 0.3) is 0 Å². The van der Waals surface area contributed by atoms with E-state index in [1.54, 1.807) is 0 Å². The largest absolute Gasteiger partial charge is 0.456 e. The van der Waals surface area contributed by atoms with Crippen LogP contribution in [0.2, 0.25) is 0 Å². The summed E-state index contributed by atoms with van der Waals surface area (Å²) in [5.41, 5.74) is 5.37. The first-order valence-electron chi connectivity index (χ1n) is 12.4. The Bertz CT molecular complexity index is 2280. The molecule has 0 saturated heterocycles. The molecule has 0 amide bonds. The van der Waals surface area contributed by atoms with Crippen molar-refractivity contribution in [3.05, 3.63) is 109 Å². The van der Waals surface area contributed by atoms with E-state index in [-0.39, 0.29) is 0 Å². The van der Waals surface area contributed by atoms with Crippen molar-refractivity contribution in [3.63, 3.8) is 0 Å². The zero-order chi connectivity index (χ0) is 24.1. The number of oxazole rings is 1. The van der Waals surface area contributed by atoms with E-state index in [1.165, 1.54) is 32.3 Å². The zero-order valence-corrected chi connectivity index (χ0v) is 19.6. The standard InChI is InChI=1S/C33H18N2O2/c1-3-9-21-17-26-24(15-19(21)7-1)25-16-20-8-2-4-10-22(20)18-27(25)35(26)33-34-32-30(37-33)14-13-29-31(32)23-11-5-6-12-28(23)36-29/h1-18H. The van der Waals surface area contributed by atoms with Gasteiger partial charge in [-0.3, -0.25) is 4.57 Å². The van der Waals surface area contributed by atoms with Gasteiger partial charge in [0.05, 0.1) is 16.4 Å². The van der Waals surface area contributed by atoms with E-state index in [0.29, 0.717) is 6.01 Å². The molecule has 0 aliphatic carbocycles. The number of nitrogens with zero attached hydrogens (tertiary/aromatic N) is 2. The number of aromatic nitrogens is 2. The minimum Gasteiger partial charge on any atom is -0.456 e. The average Bonchev–Trinajstić information content (AvgIpc) is 3.61. The number of benzene rings is 6. The van der Waals surface area contributed by atoms with Gasteiger partial charge in [-0.05, 0) is 64.0 Å². The molecule has 0 atom stereocenters. The zero-order valence-electron chi connectivity index (χ0n) is 19.6. The fourth-order valence-electron chi connectivity index (χ4n) is 5.88. The number of hydrogen-bond acceptors (Lipinski definition) is 3. The quantitative estimate of drug-likeness (QED) is 0.238. The Labute approximate surface area is 209 Å². The maximum atomic E-state index is 6.49. The van der Waals surface area contributed by atoms with Crippen LogP contribution in [0.5, 0.6) is 0 Å². The minimum atomic E-state index is 0.554. The fourth-order valence-corrected chi connectivity index (χ4v) is 5.88. The van der Waals surface area contributed by atoms with Gasteiger partial charge in [0.15, 0.2) is 5.58 Å². The molecule has 0 fully saturated rings. The summed E-state index contributed by atoms with van der Waals surface area (Å²) in [6.45, 7) is 0. The number of furan rings is 1. The molecule has 0 bridgehead atoms. The van der Waals surface area contributed by atoms with E-state index >= 15 is 0 Å². The van der Waals surface area contributed by atoms with Crippen molar-refractivity contribution in [2.45, 2.75) is 0 Å². The molecule has 6 aromatic carbocycles. The summed E-state index contributed by atoms with van der Waals surface area (Å²) in [7, 11) is 0. The highest BCUT2D eigenvalue weighted by Gasteiger charge is 2.20. The topological polar surface area (TPSA) is 44.1 Å². The van der Waals surface area contributed by atoms with Crippen LogP contribution in [0.3, 0.4) is 0 Å². The molecule has 0 aliphatic heterocycles. The second-order valence-electron chi connectivity index (χ2n) is 9.65. The lowest BCUT2D eigenvalue weighted by Crippen LogP contribution is -1.94. The first kappa shape index (κ1) is 19.1. The van der Waals surface area contributed by atoms with E-state index in [9.17, 15) is 0 Å². The van der Waals surface area contributed by atoms with Crippen molar-refractivity contribution in [2.24, 2.45) is 0 Å². The molecule has 0 unspecified atom stereocenters. The Morgan fingerprint density at radius 3 is 1.73 bits per heavy atom. The third kappa shape index (κ3) is 2.54.